The van der Waals surface area contributed by atoms with Gasteiger partial charge in [0.25, 0.3) is 0 Å². The van der Waals surface area contributed by atoms with E-state index in [1.807, 2.05) is 0 Å². The van der Waals surface area contributed by atoms with Crippen LogP contribution in [0, 0.1) is 5.41 Å². The Labute approximate surface area is 181 Å². The number of hydrogen-bond acceptors (Lipinski definition) is 1. The third-order valence-corrected chi connectivity index (χ3v) is 6.46. The zero-order valence-corrected chi connectivity index (χ0v) is 19.2. The van der Waals surface area contributed by atoms with Crippen LogP contribution < -0.4 is 5.32 Å². The first-order valence-electron chi connectivity index (χ1n) is 12.5. The van der Waals surface area contributed by atoms with Crippen molar-refractivity contribution in [2.24, 2.45) is 5.41 Å². The Balaban J connectivity index is 1.83. The normalized spacial score (nSPS) is 15.3. The van der Waals surface area contributed by atoms with E-state index in [4.69, 9.17) is 0 Å². The summed E-state index contributed by atoms with van der Waals surface area (Å²) in [7, 11) is 0. The standard InChI is InChI=1S/C28H45N/c1-3-5-7-9-11-16-22-28(23-17-12-10-8-6-4-2)24-20-27(21-25-28)29-26-18-14-13-15-19-26/h13-15,18-21,24,29H,3-12,16-17,22-23,25H2,1-2H3. The van der Waals surface area contributed by atoms with Crippen molar-refractivity contribution in [1.82, 2.24) is 0 Å². The summed E-state index contributed by atoms with van der Waals surface area (Å²) in [5.41, 5.74) is 2.85. The molecule has 1 aliphatic carbocycles. The minimum absolute atomic E-state index is 0.400. The second kappa shape index (κ2) is 14.5. The maximum atomic E-state index is 3.57. The van der Waals surface area contributed by atoms with Gasteiger partial charge in [0.05, 0.1) is 0 Å². The average molecular weight is 396 g/mol. The van der Waals surface area contributed by atoms with Crippen LogP contribution in [0.1, 0.15) is 110 Å². The van der Waals surface area contributed by atoms with Gasteiger partial charge >= 0.3 is 0 Å². The summed E-state index contributed by atoms with van der Waals surface area (Å²) in [6, 6.07) is 10.5. The molecule has 0 amide bonds. The molecule has 1 aromatic carbocycles. The smallest absolute Gasteiger partial charge is 0.0384 e. The van der Waals surface area contributed by atoms with Crippen LogP contribution in [0.5, 0.6) is 0 Å². The maximum Gasteiger partial charge on any atom is 0.0384 e. The number of benzene rings is 1. The number of para-hydroxylation sites is 1. The summed E-state index contributed by atoms with van der Waals surface area (Å²) >= 11 is 0. The van der Waals surface area contributed by atoms with Gasteiger partial charge in [-0.25, -0.2) is 0 Å². The van der Waals surface area contributed by atoms with Crippen LogP contribution in [0.4, 0.5) is 5.69 Å². The van der Waals surface area contributed by atoms with Crippen LogP contribution in [0.3, 0.4) is 0 Å². The van der Waals surface area contributed by atoms with Crippen molar-refractivity contribution in [3.63, 3.8) is 0 Å². The molecule has 1 aromatic rings. The largest absolute Gasteiger partial charge is 0.356 e. The monoisotopic (exact) mass is 395 g/mol. The lowest BCUT2D eigenvalue weighted by Gasteiger charge is -2.33. The number of anilines is 1. The Morgan fingerprint density at radius 3 is 1.79 bits per heavy atom. The number of unbranched alkanes of at least 4 members (excludes halogenated alkanes) is 10. The molecule has 1 aliphatic rings. The molecule has 1 N–H and O–H groups in total. The fraction of sp³-hybridized carbons (Fsp3) is 0.643. The SMILES string of the molecule is CCCCCCCCC1(CCCCCCCC)C=CC(Nc2ccccc2)=CC1. The van der Waals surface area contributed by atoms with Gasteiger partial charge in [0.2, 0.25) is 0 Å². The lowest BCUT2D eigenvalue weighted by molar-refractivity contribution is 0.295. The lowest BCUT2D eigenvalue weighted by atomic mass is 9.73. The molecule has 162 valence electrons. The van der Waals surface area contributed by atoms with Gasteiger partial charge in [0.1, 0.15) is 0 Å². The Hall–Kier alpha value is -1.50. The van der Waals surface area contributed by atoms with Crippen molar-refractivity contribution in [1.29, 1.82) is 0 Å². The van der Waals surface area contributed by atoms with Gasteiger partial charge in [-0.1, -0.05) is 121 Å². The van der Waals surface area contributed by atoms with Crippen molar-refractivity contribution in [2.45, 2.75) is 110 Å². The van der Waals surface area contributed by atoms with Crippen LogP contribution in [0.2, 0.25) is 0 Å². The zero-order chi connectivity index (χ0) is 20.6. The molecule has 2 rings (SSSR count). The fourth-order valence-corrected chi connectivity index (χ4v) is 4.51. The van der Waals surface area contributed by atoms with E-state index in [1.165, 1.54) is 108 Å². The van der Waals surface area contributed by atoms with Crippen molar-refractivity contribution in [3.8, 4) is 0 Å². The van der Waals surface area contributed by atoms with Crippen molar-refractivity contribution < 1.29 is 0 Å². The molecule has 1 heteroatoms. The molecule has 0 fully saturated rings. The molecule has 0 heterocycles. The Morgan fingerprint density at radius 1 is 0.724 bits per heavy atom. The molecule has 0 spiro atoms. The summed E-state index contributed by atoms with van der Waals surface area (Å²) in [5, 5.41) is 3.57. The molecule has 0 unspecified atom stereocenters. The van der Waals surface area contributed by atoms with Gasteiger partial charge in [-0.3, -0.25) is 0 Å². The predicted octanol–water partition coefficient (Wildman–Crippen LogP) is 9.43. The second-order valence-corrected chi connectivity index (χ2v) is 9.09. The van der Waals surface area contributed by atoms with Crippen LogP contribution in [0.25, 0.3) is 0 Å². The second-order valence-electron chi connectivity index (χ2n) is 9.09. The Kier molecular flexibility index (Phi) is 11.9. The highest BCUT2D eigenvalue weighted by molar-refractivity contribution is 5.51. The fourth-order valence-electron chi connectivity index (χ4n) is 4.51. The summed E-state index contributed by atoms with van der Waals surface area (Å²) in [6.07, 6.45) is 28.0. The molecule has 29 heavy (non-hydrogen) atoms. The van der Waals surface area contributed by atoms with E-state index in [9.17, 15) is 0 Å². The Morgan fingerprint density at radius 2 is 1.28 bits per heavy atom. The highest BCUT2D eigenvalue weighted by Crippen LogP contribution is 2.40. The van der Waals surface area contributed by atoms with Crippen molar-refractivity contribution in [2.75, 3.05) is 5.32 Å². The van der Waals surface area contributed by atoms with E-state index in [0.29, 0.717) is 5.41 Å². The highest BCUT2D eigenvalue weighted by atomic mass is 14.9. The van der Waals surface area contributed by atoms with Crippen molar-refractivity contribution >= 4 is 5.69 Å². The first kappa shape index (κ1) is 23.8. The molecular formula is C28H45N. The number of nitrogens with one attached hydrogen (secondary N) is 1. The quantitative estimate of drug-likeness (QED) is 0.275. The molecule has 0 radical (unpaired) electrons. The van der Waals surface area contributed by atoms with E-state index < -0.39 is 0 Å². The third-order valence-electron chi connectivity index (χ3n) is 6.46. The van der Waals surface area contributed by atoms with Crippen LogP contribution in [0.15, 0.2) is 54.3 Å². The Bertz CT molecular complexity index is 568. The van der Waals surface area contributed by atoms with Crippen molar-refractivity contribution in [3.05, 3.63) is 54.3 Å². The predicted molar refractivity (Wildman–Crippen MR) is 130 cm³/mol. The summed E-state index contributed by atoms with van der Waals surface area (Å²) in [5.74, 6) is 0. The van der Waals surface area contributed by atoms with Gasteiger partial charge in [-0.05, 0) is 42.9 Å². The first-order chi connectivity index (χ1) is 14.3. The minimum atomic E-state index is 0.400. The van der Waals surface area contributed by atoms with E-state index in [-0.39, 0.29) is 0 Å². The number of rotatable bonds is 16. The molecule has 0 bridgehead atoms. The zero-order valence-electron chi connectivity index (χ0n) is 19.2. The lowest BCUT2D eigenvalue weighted by Crippen LogP contribution is -2.21. The molecule has 0 saturated carbocycles. The molecule has 1 nitrogen and oxygen atoms in total. The summed E-state index contributed by atoms with van der Waals surface area (Å²) in [4.78, 5) is 0. The van der Waals surface area contributed by atoms with Crippen LogP contribution >= 0.6 is 0 Å². The van der Waals surface area contributed by atoms with Crippen LogP contribution in [-0.4, -0.2) is 0 Å². The van der Waals surface area contributed by atoms with Gasteiger partial charge < -0.3 is 5.32 Å². The topological polar surface area (TPSA) is 12.0 Å². The van der Waals surface area contributed by atoms with E-state index in [2.05, 4.69) is 67.7 Å². The summed E-state index contributed by atoms with van der Waals surface area (Å²) < 4.78 is 0. The van der Waals surface area contributed by atoms with E-state index >= 15 is 0 Å². The molecule has 0 saturated heterocycles. The third kappa shape index (κ3) is 9.70. The highest BCUT2D eigenvalue weighted by Gasteiger charge is 2.27. The maximum absolute atomic E-state index is 3.57. The molecular weight excluding hydrogens is 350 g/mol. The average Bonchev–Trinajstić information content (AvgIpc) is 2.75. The van der Waals surface area contributed by atoms with Gasteiger partial charge in [0.15, 0.2) is 0 Å². The first-order valence-corrected chi connectivity index (χ1v) is 12.5. The number of hydrogen-bond donors (Lipinski definition) is 1. The minimum Gasteiger partial charge on any atom is -0.356 e. The van der Waals surface area contributed by atoms with Gasteiger partial charge in [0, 0.05) is 11.4 Å². The van der Waals surface area contributed by atoms with Gasteiger partial charge in [-0.2, -0.15) is 0 Å². The van der Waals surface area contributed by atoms with Crippen LogP contribution in [-0.2, 0) is 0 Å². The molecule has 0 atom stereocenters. The number of allylic oxidation sites excluding steroid dienone is 3. The molecule has 0 aliphatic heterocycles. The van der Waals surface area contributed by atoms with E-state index in [0.717, 1.165) is 0 Å². The van der Waals surface area contributed by atoms with Gasteiger partial charge in [-0.15, -0.1) is 0 Å². The summed E-state index contributed by atoms with van der Waals surface area (Å²) in [6.45, 7) is 4.60. The molecule has 0 aromatic heterocycles. The van der Waals surface area contributed by atoms with E-state index in [1.54, 1.807) is 0 Å².